The zero-order chi connectivity index (χ0) is 34.8. The number of hydrogen-bond acceptors (Lipinski definition) is 11. The molecule has 0 radical (unpaired) electrons. The van der Waals surface area contributed by atoms with Gasteiger partial charge in [-0.1, -0.05) is 57.6 Å². The maximum Gasteiger partial charge on any atom is 0.332 e. The van der Waals surface area contributed by atoms with Gasteiger partial charge in [0.15, 0.2) is 0 Å². The smallest absolute Gasteiger partial charge is 0.332 e. The van der Waals surface area contributed by atoms with Crippen molar-refractivity contribution in [3.05, 3.63) is 29.8 Å². The largest absolute Gasteiger partial charge is 0.491 e. The zero-order valence-corrected chi connectivity index (χ0v) is 30.5. The summed E-state index contributed by atoms with van der Waals surface area (Å²) >= 11 is 0. The Kier molecular flexibility index (Phi) is 29.8. The lowest BCUT2D eigenvalue weighted by atomic mass is 10.0. The predicted molar refractivity (Wildman–Crippen MR) is 186 cm³/mol. The molecule has 0 N–H and O–H groups in total. The van der Waals surface area contributed by atoms with Gasteiger partial charge in [-0.05, 0) is 51.3 Å². The number of aryl methyl sites for hydroxylation is 1. The fraction of sp³-hybridized carbons (Fsp3) is 0.811. The van der Waals surface area contributed by atoms with Crippen molar-refractivity contribution in [2.24, 2.45) is 0 Å². The molecular weight excluding hydrogens is 620 g/mol. The van der Waals surface area contributed by atoms with E-state index in [-0.39, 0.29) is 12.6 Å². The fourth-order valence-corrected chi connectivity index (χ4v) is 4.32. The van der Waals surface area contributed by atoms with Crippen molar-refractivity contribution in [2.45, 2.75) is 84.7 Å². The second-order valence-corrected chi connectivity index (χ2v) is 12.3. The highest BCUT2D eigenvalue weighted by Gasteiger charge is 2.15. The molecule has 48 heavy (non-hydrogen) atoms. The summed E-state index contributed by atoms with van der Waals surface area (Å²) in [5.74, 6) is 0.501. The average Bonchev–Trinajstić information content (AvgIpc) is 3.05. The van der Waals surface area contributed by atoms with Gasteiger partial charge in [0.05, 0.1) is 99.1 Å². The van der Waals surface area contributed by atoms with E-state index in [0.29, 0.717) is 106 Å². The van der Waals surface area contributed by atoms with Crippen LogP contribution in [0.5, 0.6) is 5.75 Å². The Labute approximate surface area is 290 Å². The predicted octanol–water partition coefficient (Wildman–Crippen LogP) is 5.83. The molecule has 0 heterocycles. The Morgan fingerprint density at radius 3 is 1.29 bits per heavy atom. The first-order valence-electron chi connectivity index (χ1n) is 18.0. The first kappa shape index (κ1) is 44.2. The minimum absolute atomic E-state index is 0.0792. The molecule has 0 atom stereocenters. The summed E-state index contributed by atoms with van der Waals surface area (Å²) in [6, 6.07) is 8.44. The second kappa shape index (κ2) is 32.4. The summed E-state index contributed by atoms with van der Waals surface area (Å²) in [6.07, 6.45) is 10.5. The van der Waals surface area contributed by atoms with Gasteiger partial charge in [0.1, 0.15) is 24.6 Å². The van der Waals surface area contributed by atoms with Crippen LogP contribution in [0.15, 0.2) is 24.3 Å². The van der Waals surface area contributed by atoms with E-state index in [0.717, 1.165) is 12.2 Å². The van der Waals surface area contributed by atoms with E-state index in [1.54, 1.807) is 0 Å². The number of carbonyl (C=O) groups excluding carboxylic acids is 1. The van der Waals surface area contributed by atoms with Gasteiger partial charge >= 0.3 is 5.97 Å². The third-order valence-corrected chi connectivity index (χ3v) is 6.73. The quantitative estimate of drug-likeness (QED) is 0.0636. The van der Waals surface area contributed by atoms with E-state index in [2.05, 4.69) is 31.2 Å². The summed E-state index contributed by atoms with van der Waals surface area (Å²) in [6.45, 7) is 15.3. The first-order valence-corrected chi connectivity index (χ1v) is 18.0. The number of unbranched alkanes of at least 4 members (excludes halogenated alkanes) is 6. The Bertz CT molecular complexity index is 830. The summed E-state index contributed by atoms with van der Waals surface area (Å²) in [5, 5.41) is 0. The number of esters is 1. The second-order valence-electron chi connectivity index (χ2n) is 12.3. The van der Waals surface area contributed by atoms with E-state index >= 15 is 0 Å². The molecular formula is C37H66O11. The molecule has 0 saturated heterocycles. The first-order chi connectivity index (χ1) is 23.4. The highest BCUT2D eigenvalue weighted by atomic mass is 16.6. The third-order valence-electron chi connectivity index (χ3n) is 6.73. The van der Waals surface area contributed by atoms with Gasteiger partial charge in [-0.25, -0.2) is 4.79 Å². The number of rotatable bonds is 35. The SMILES string of the molecule is CCCCCCCCCc1ccc(OCCOCCOCCOCCOCCOCCOCCOCCOCC(=O)OC(C)(C)C)cc1. The Balaban J connectivity index is 1.73. The maximum absolute atomic E-state index is 11.5. The molecule has 11 heteroatoms. The minimum Gasteiger partial charge on any atom is -0.491 e. The van der Waals surface area contributed by atoms with E-state index < -0.39 is 5.60 Å². The van der Waals surface area contributed by atoms with E-state index in [1.807, 2.05) is 20.8 Å². The molecule has 0 spiro atoms. The molecule has 0 saturated carbocycles. The normalized spacial score (nSPS) is 11.7. The molecule has 11 nitrogen and oxygen atoms in total. The molecule has 280 valence electrons. The van der Waals surface area contributed by atoms with Crippen LogP contribution in [0.3, 0.4) is 0 Å². The zero-order valence-electron chi connectivity index (χ0n) is 30.5. The van der Waals surface area contributed by atoms with Crippen molar-refractivity contribution in [3.8, 4) is 5.75 Å². The van der Waals surface area contributed by atoms with E-state index in [1.165, 1.54) is 50.5 Å². The van der Waals surface area contributed by atoms with Gasteiger partial charge in [0.25, 0.3) is 0 Å². The van der Waals surface area contributed by atoms with Crippen LogP contribution in [0.4, 0.5) is 0 Å². The van der Waals surface area contributed by atoms with Crippen molar-refractivity contribution in [2.75, 3.05) is 112 Å². The molecule has 0 aromatic heterocycles. The fourth-order valence-electron chi connectivity index (χ4n) is 4.32. The lowest BCUT2D eigenvalue weighted by molar-refractivity contribution is -0.160. The van der Waals surface area contributed by atoms with Crippen LogP contribution in [0.25, 0.3) is 0 Å². The molecule has 0 fully saturated rings. The molecule has 0 bridgehead atoms. The van der Waals surface area contributed by atoms with Crippen LogP contribution >= 0.6 is 0 Å². The van der Waals surface area contributed by atoms with Crippen LogP contribution in [0, 0.1) is 0 Å². The topological polar surface area (TPSA) is 109 Å². The van der Waals surface area contributed by atoms with Gasteiger partial charge in [-0.15, -0.1) is 0 Å². The molecule has 1 aromatic rings. The number of benzene rings is 1. The Morgan fingerprint density at radius 2 is 0.875 bits per heavy atom. The van der Waals surface area contributed by atoms with Crippen LogP contribution in [0.2, 0.25) is 0 Å². The van der Waals surface area contributed by atoms with E-state index in [4.69, 9.17) is 47.4 Å². The average molecular weight is 687 g/mol. The number of carbonyl (C=O) groups is 1. The van der Waals surface area contributed by atoms with Crippen molar-refractivity contribution in [1.29, 1.82) is 0 Å². The van der Waals surface area contributed by atoms with Crippen molar-refractivity contribution in [1.82, 2.24) is 0 Å². The van der Waals surface area contributed by atoms with Crippen LogP contribution in [-0.4, -0.2) is 124 Å². The van der Waals surface area contributed by atoms with Crippen LogP contribution in [0.1, 0.15) is 78.2 Å². The standard InChI is InChI=1S/C37H66O11/c1-5-6-7-8-9-10-11-12-34-13-15-35(16-14-34)47-32-31-45-28-27-43-24-23-41-20-19-39-17-18-40-21-22-42-25-26-44-29-30-46-33-36(38)48-37(2,3)4/h13-16H,5-12,17-33H2,1-4H3. The lowest BCUT2D eigenvalue weighted by Crippen LogP contribution is -2.27. The number of hydrogen-bond donors (Lipinski definition) is 0. The molecule has 0 aliphatic rings. The third kappa shape index (κ3) is 31.4. The van der Waals surface area contributed by atoms with Gasteiger partial charge in [0.2, 0.25) is 0 Å². The Hall–Kier alpha value is -1.83. The minimum atomic E-state index is -0.508. The molecule has 0 aliphatic heterocycles. The summed E-state index contributed by atoms with van der Waals surface area (Å²) < 4.78 is 54.6. The summed E-state index contributed by atoms with van der Waals surface area (Å²) in [4.78, 5) is 11.5. The van der Waals surface area contributed by atoms with Gasteiger partial charge < -0.3 is 47.4 Å². The highest BCUT2D eigenvalue weighted by Crippen LogP contribution is 2.15. The summed E-state index contributed by atoms with van der Waals surface area (Å²) in [5.41, 5.74) is 0.870. The highest BCUT2D eigenvalue weighted by molar-refractivity contribution is 5.71. The molecule has 0 unspecified atom stereocenters. The molecule has 1 aromatic carbocycles. The van der Waals surface area contributed by atoms with Crippen molar-refractivity contribution >= 4 is 5.97 Å². The maximum atomic E-state index is 11.5. The van der Waals surface area contributed by atoms with Crippen LogP contribution in [-0.2, 0) is 53.8 Å². The molecule has 0 aliphatic carbocycles. The van der Waals surface area contributed by atoms with Crippen LogP contribution < -0.4 is 4.74 Å². The van der Waals surface area contributed by atoms with Gasteiger partial charge in [-0.2, -0.15) is 0 Å². The lowest BCUT2D eigenvalue weighted by Gasteiger charge is -2.19. The monoisotopic (exact) mass is 686 g/mol. The van der Waals surface area contributed by atoms with E-state index in [9.17, 15) is 4.79 Å². The number of ether oxygens (including phenoxy) is 10. The van der Waals surface area contributed by atoms with Crippen molar-refractivity contribution < 1.29 is 52.2 Å². The molecule has 1 rings (SSSR count). The van der Waals surface area contributed by atoms with Gasteiger partial charge in [-0.3, -0.25) is 0 Å². The summed E-state index contributed by atoms with van der Waals surface area (Å²) in [7, 11) is 0. The molecule has 0 amide bonds. The van der Waals surface area contributed by atoms with Crippen molar-refractivity contribution in [3.63, 3.8) is 0 Å². The van der Waals surface area contributed by atoms with Gasteiger partial charge in [0, 0.05) is 0 Å². The Morgan fingerprint density at radius 1 is 0.500 bits per heavy atom.